The highest BCUT2D eigenvalue weighted by molar-refractivity contribution is 5.21. The first kappa shape index (κ1) is 23.4. The first-order valence-electron chi connectivity index (χ1n) is 6.79. The van der Waals surface area contributed by atoms with Crippen LogP contribution in [0.2, 0.25) is 0 Å². The van der Waals surface area contributed by atoms with E-state index >= 15 is 0 Å². The highest BCUT2D eigenvalue weighted by Gasteiger charge is 2.87. The Bertz CT molecular complexity index is 652. The van der Waals surface area contributed by atoms with Gasteiger partial charge in [-0.15, -0.1) is 0 Å². The molecule has 0 aliphatic rings. The van der Waals surface area contributed by atoms with Gasteiger partial charge in [-0.05, 0) is 6.07 Å². The predicted molar refractivity (Wildman–Crippen MR) is 66.6 cm³/mol. The lowest BCUT2D eigenvalue weighted by Crippen LogP contribution is -2.66. The summed E-state index contributed by atoms with van der Waals surface area (Å²) in [4.78, 5) is 0. The van der Waals surface area contributed by atoms with E-state index in [0.717, 1.165) is 18.2 Å². The summed E-state index contributed by atoms with van der Waals surface area (Å²) in [5.41, 5.74) is -0.818. The van der Waals surface area contributed by atoms with Crippen LogP contribution in [0.15, 0.2) is 24.3 Å². The molecule has 0 fully saturated rings. The van der Waals surface area contributed by atoms with Gasteiger partial charge in [0.25, 0.3) is 0 Å². The number of halogens is 12. The van der Waals surface area contributed by atoms with E-state index in [1.54, 1.807) is 0 Å². The molecule has 0 aromatic heterocycles. The number of hydrogen-bond acceptors (Lipinski definition) is 1. The van der Waals surface area contributed by atoms with Crippen molar-refractivity contribution < 1.29 is 57.4 Å². The normalized spacial score (nSPS) is 15.7. The minimum Gasteiger partial charge on any atom is -0.376 e. The highest BCUT2D eigenvalue weighted by atomic mass is 19.4. The molecule has 13 heteroatoms. The Labute approximate surface area is 143 Å². The molecule has 27 heavy (non-hydrogen) atoms. The molecule has 0 saturated carbocycles. The molecule has 0 radical (unpaired) electrons. The summed E-state index contributed by atoms with van der Waals surface area (Å²) < 4.78 is 160. The van der Waals surface area contributed by atoms with Crippen molar-refractivity contribution in [1.82, 2.24) is 0 Å². The van der Waals surface area contributed by atoms with Crippen molar-refractivity contribution in [3.8, 4) is 0 Å². The zero-order valence-electron chi connectivity index (χ0n) is 13.0. The first-order chi connectivity index (χ1) is 11.9. The average Bonchev–Trinajstić information content (AvgIpc) is 2.51. The Morgan fingerprint density at radius 2 is 1.26 bits per heavy atom. The van der Waals surface area contributed by atoms with Crippen molar-refractivity contribution in [2.75, 3.05) is 7.11 Å². The van der Waals surface area contributed by atoms with Crippen LogP contribution in [0.5, 0.6) is 0 Å². The van der Waals surface area contributed by atoms with Gasteiger partial charge in [-0.25, -0.2) is 4.39 Å². The first-order valence-corrected chi connectivity index (χ1v) is 6.79. The van der Waals surface area contributed by atoms with Crippen LogP contribution in [0.4, 0.5) is 52.7 Å². The second kappa shape index (κ2) is 7.06. The minimum atomic E-state index is -7.50. The second-order valence-electron chi connectivity index (χ2n) is 5.38. The topological polar surface area (TPSA) is 9.23 Å². The van der Waals surface area contributed by atoms with E-state index in [2.05, 4.69) is 4.74 Å². The van der Waals surface area contributed by atoms with E-state index in [0.29, 0.717) is 13.2 Å². The molecule has 0 heterocycles. The molecule has 0 spiro atoms. The number of alkyl halides is 11. The Balaban J connectivity index is 3.33. The van der Waals surface area contributed by atoms with Crippen molar-refractivity contribution in [2.45, 2.75) is 42.4 Å². The molecule has 0 saturated heterocycles. The van der Waals surface area contributed by atoms with Gasteiger partial charge in [0.05, 0.1) is 6.10 Å². The molecular weight excluding hydrogens is 412 g/mol. The highest BCUT2D eigenvalue weighted by Crippen LogP contribution is 2.58. The zero-order valence-corrected chi connectivity index (χ0v) is 13.0. The van der Waals surface area contributed by atoms with Crippen LogP contribution < -0.4 is 0 Å². The fourth-order valence-electron chi connectivity index (χ4n) is 2.02. The second-order valence-corrected chi connectivity index (χ2v) is 5.38. The largest absolute Gasteiger partial charge is 0.460 e. The average molecular weight is 422 g/mol. The Kier molecular flexibility index (Phi) is 6.11. The summed E-state index contributed by atoms with van der Waals surface area (Å²) >= 11 is 0. The lowest BCUT2D eigenvalue weighted by Gasteiger charge is -2.38. The van der Waals surface area contributed by atoms with Crippen LogP contribution in [0, 0.1) is 5.82 Å². The Hall–Kier alpha value is -1.66. The van der Waals surface area contributed by atoms with Crippen molar-refractivity contribution >= 4 is 0 Å². The smallest absolute Gasteiger partial charge is 0.376 e. The van der Waals surface area contributed by atoms with Gasteiger partial charge >= 0.3 is 29.9 Å². The van der Waals surface area contributed by atoms with E-state index in [4.69, 9.17) is 0 Å². The molecule has 0 amide bonds. The molecule has 1 nitrogen and oxygen atoms in total. The lowest BCUT2D eigenvalue weighted by atomic mass is 9.92. The number of benzene rings is 1. The van der Waals surface area contributed by atoms with E-state index in [-0.39, 0.29) is 0 Å². The van der Waals surface area contributed by atoms with Crippen LogP contribution >= 0.6 is 0 Å². The maximum absolute atomic E-state index is 13.7. The monoisotopic (exact) mass is 422 g/mol. The molecule has 0 bridgehead atoms. The summed E-state index contributed by atoms with van der Waals surface area (Å²) in [5, 5.41) is 0. The van der Waals surface area contributed by atoms with E-state index in [9.17, 15) is 52.7 Å². The fraction of sp³-hybridized carbons (Fsp3) is 0.571. The summed E-state index contributed by atoms with van der Waals surface area (Å²) in [6.07, 6.45) is -12.1. The maximum Gasteiger partial charge on any atom is 0.460 e. The van der Waals surface area contributed by atoms with Crippen LogP contribution in [0.1, 0.15) is 18.1 Å². The maximum atomic E-state index is 13.7. The fourth-order valence-corrected chi connectivity index (χ4v) is 2.02. The van der Waals surface area contributed by atoms with Gasteiger partial charge in [-0.1, -0.05) is 18.2 Å². The summed E-state index contributed by atoms with van der Waals surface area (Å²) in [6, 6.07) is 3.51. The van der Waals surface area contributed by atoms with E-state index in [1.165, 1.54) is 0 Å². The minimum absolute atomic E-state index is 0.591. The van der Waals surface area contributed by atoms with Gasteiger partial charge in [0, 0.05) is 19.1 Å². The number of rotatable bonds is 7. The summed E-state index contributed by atoms with van der Waals surface area (Å²) in [6.45, 7) is 0. The van der Waals surface area contributed by atoms with Gasteiger partial charge in [0.2, 0.25) is 0 Å². The van der Waals surface area contributed by atoms with Crippen LogP contribution in [0.3, 0.4) is 0 Å². The molecule has 1 unspecified atom stereocenters. The summed E-state index contributed by atoms with van der Waals surface area (Å²) in [5.74, 6) is -29.5. The molecule has 1 rings (SSSR count). The number of methoxy groups -OCH3 is 1. The molecule has 156 valence electrons. The quantitative estimate of drug-likeness (QED) is 0.490. The molecule has 0 aliphatic heterocycles. The molecule has 1 aromatic carbocycles. The Morgan fingerprint density at radius 1 is 0.778 bits per heavy atom. The standard InChI is InChI=1S/C14H10F12O/c1-27-9(7-4-2-3-5-8(7)15)6-10(16,17)11(18,19)12(20,21)13(22,23)14(24,25)26/h2-5,9H,6H2,1H3. The molecule has 0 N–H and O–H groups in total. The molecule has 1 atom stereocenters. The molecule has 1 aromatic rings. The number of hydrogen-bond donors (Lipinski definition) is 0. The van der Waals surface area contributed by atoms with E-state index < -0.39 is 53.8 Å². The van der Waals surface area contributed by atoms with Crippen molar-refractivity contribution in [2.24, 2.45) is 0 Å². The predicted octanol–water partition coefficient (Wildman–Crippen LogP) is 6.01. The van der Waals surface area contributed by atoms with Crippen molar-refractivity contribution in [1.29, 1.82) is 0 Å². The van der Waals surface area contributed by atoms with Crippen molar-refractivity contribution in [3.05, 3.63) is 35.6 Å². The van der Waals surface area contributed by atoms with Crippen LogP contribution in [0.25, 0.3) is 0 Å². The summed E-state index contributed by atoms with van der Waals surface area (Å²) in [7, 11) is 0.591. The Morgan fingerprint density at radius 3 is 1.67 bits per heavy atom. The third-order valence-electron chi connectivity index (χ3n) is 3.58. The van der Waals surface area contributed by atoms with Crippen LogP contribution in [-0.2, 0) is 4.74 Å². The lowest BCUT2D eigenvalue weighted by molar-refractivity contribution is -0.423. The zero-order chi connectivity index (χ0) is 21.5. The third-order valence-corrected chi connectivity index (χ3v) is 3.58. The van der Waals surface area contributed by atoms with Gasteiger partial charge in [-0.3, -0.25) is 0 Å². The molecule has 0 aliphatic carbocycles. The van der Waals surface area contributed by atoms with Gasteiger partial charge in [0.15, 0.2) is 0 Å². The van der Waals surface area contributed by atoms with Gasteiger partial charge in [-0.2, -0.15) is 48.3 Å². The number of ether oxygens (including phenoxy) is 1. The SMILES string of the molecule is COC(CC(F)(F)C(F)(F)C(F)(F)C(F)(F)C(F)(F)F)c1ccccc1F. The van der Waals surface area contributed by atoms with Gasteiger partial charge < -0.3 is 4.74 Å². The molecular formula is C14H10F12O. The van der Waals surface area contributed by atoms with Crippen molar-refractivity contribution in [3.63, 3.8) is 0 Å². The van der Waals surface area contributed by atoms with E-state index in [1.807, 2.05) is 0 Å². The third kappa shape index (κ3) is 3.83. The van der Waals surface area contributed by atoms with Gasteiger partial charge in [0.1, 0.15) is 5.82 Å². The van der Waals surface area contributed by atoms with Crippen LogP contribution in [-0.4, -0.2) is 37.0 Å².